The van der Waals surface area contributed by atoms with Gasteiger partial charge in [0.25, 0.3) is 6.71 Å². The molecule has 2 atom stereocenters. The van der Waals surface area contributed by atoms with E-state index in [1.54, 1.807) is 0 Å². The van der Waals surface area contributed by atoms with Crippen molar-refractivity contribution in [1.29, 1.82) is 0 Å². The van der Waals surface area contributed by atoms with Crippen molar-refractivity contribution < 1.29 is 0 Å². The van der Waals surface area contributed by atoms with Gasteiger partial charge in [0.1, 0.15) is 0 Å². The van der Waals surface area contributed by atoms with Gasteiger partial charge in [-0.3, -0.25) is 0 Å². The first-order valence-corrected chi connectivity index (χ1v) is 26.1. The van der Waals surface area contributed by atoms with E-state index < -0.39 is 0 Å². The van der Waals surface area contributed by atoms with E-state index in [1.807, 2.05) is 0 Å². The zero-order chi connectivity index (χ0) is 49.8. The summed E-state index contributed by atoms with van der Waals surface area (Å²) in [5, 5.41) is 0. The smallest absolute Gasteiger partial charge is 0.252 e. The van der Waals surface area contributed by atoms with E-state index in [-0.39, 0.29) is 39.3 Å². The number of rotatable bonds is 3. The summed E-state index contributed by atoms with van der Waals surface area (Å²) in [5.41, 5.74) is 25.9. The second kappa shape index (κ2) is 15.3. The van der Waals surface area contributed by atoms with E-state index in [1.165, 1.54) is 112 Å². The minimum atomic E-state index is -0.371. The van der Waals surface area contributed by atoms with Crippen molar-refractivity contribution in [3.8, 4) is 0 Å². The Kier molecular flexibility index (Phi) is 10.1. The van der Waals surface area contributed by atoms with Crippen LogP contribution in [-0.4, -0.2) is 6.71 Å². The van der Waals surface area contributed by atoms with Crippen LogP contribution < -0.4 is 31.1 Å². The monoisotopic (exact) mass is 920 g/mol. The van der Waals surface area contributed by atoms with Crippen molar-refractivity contribution in [2.24, 2.45) is 0 Å². The van der Waals surface area contributed by atoms with E-state index in [2.05, 4.69) is 259 Å². The summed E-state index contributed by atoms with van der Waals surface area (Å²) in [6, 6.07) is 53.3. The van der Waals surface area contributed by atoms with Gasteiger partial charge in [-0.15, -0.1) is 0 Å². The highest BCUT2D eigenvalue weighted by molar-refractivity contribution is 7.00. The number of benzene rings is 7. The van der Waals surface area contributed by atoms with Gasteiger partial charge in [0.2, 0.25) is 0 Å². The molecule has 3 aliphatic heterocycles. The normalized spacial score (nSPS) is 19.3. The summed E-state index contributed by atoms with van der Waals surface area (Å²) < 4.78 is 0. The maximum absolute atomic E-state index is 2.80. The average molecular weight is 920 g/mol. The van der Waals surface area contributed by atoms with Crippen LogP contribution in [0.2, 0.25) is 0 Å². The summed E-state index contributed by atoms with van der Waals surface area (Å²) in [6.07, 6.45) is 2.15. The van der Waals surface area contributed by atoms with Gasteiger partial charge in [0, 0.05) is 50.9 Å². The molecule has 0 N–H and O–H groups in total. The Labute approximate surface area is 421 Å². The molecule has 0 bridgehead atoms. The second-order valence-electron chi connectivity index (χ2n) is 26.0. The van der Waals surface area contributed by atoms with Crippen molar-refractivity contribution in [1.82, 2.24) is 0 Å². The van der Waals surface area contributed by atoms with Crippen LogP contribution in [0.5, 0.6) is 0 Å². The van der Waals surface area contributed by atoms with Crippen LogP contribution in [0.1, 0.15) is 153 Å². The third-order valence-corrected chi connectivity index (χ3v) is 17.2. The van der Waals surface area contributed by atoms with Crippen molar-refractivity contribution >= 4 is 68.6 Å². The van der Waals surface area contributed by atoms with E-state index in [9.17, 15) is 0 Å². The van der Waals surface area contributed by atoms with Crippen LogP contribution in [0.25, 0.3) is 0 Å². The fourth-order valence-corrected chi connectivity index (χ4v) is 13.0. The maximum atomic E-state index is 2.80. The standard InChI is InChI=1S/C66H74BN3/c1-41-35-42(2)60-52(36-41)65(15)34-33-43-19-17-18-20-51(43)66(65,16)70(60)50-39-57-59-58(40-50)69(49-29-23-45(24-30-49)62(6,7)8)56-32-26-47(64(12,13)14)38-54(56)67(59)53-37-46(63(9,10)11)25-31-55(53)68(57)48-27-21-44(22-28-48)61(3,4)5/h17-32,35-40H,33-34H2,1-16H3. The van der Waals surface area contributed by atoms with Gasteiger partial charge < -0.3 is 14.7 Å². The Morgan fingerprint density at radius 2 is 0.914 bits per heavy atom. The third-order valence-electron chi connectivity index (χ3n) is 17.2. The van der Waals surface area contributed by atoms with Crippen molar-refractivity contribution in [2.45, 2.75) is 156 Å². The van der Waals surface area contributed by atoms with E-state index in [0.29, 0.717) is 0 Å². The lowest BCUT2D eigenvalue weighted by atomic mass is 9.33. The molecular weight excluding hydrogens is 846 g/mol. The molecule has 4 aliphatic rings. The topological polar surface area (TPSA) is 9.72 Å². The minimum absolute atomic E-state index is 0.00430. The molecule has 3 heterocycles. The molecule has 1 aliphatic carbocycles. The van der Waals surface area contributed by atoms with Crippen molar-refractivity contribution in [2.75, 3.05) is 14.7 Å². The van der Waals surface area contributed by atoms with Gasteiger partial charge in [-0.25, -0.2) is 0 Å². The molecule has 4 heteroatoms. The Bertz CT molecular complexity index is 3110. The first-order valence-electron chi connectivity index (χ1n) is 26.1. The van der Waals surface area contributed by atoms with Gasteiger partial charge in [-0.1, -0.05) is 181 Å². The second-order valence-corrected chi connectivity index (χ2v) is 26.0. The molecule has 356 valence electrons. The molecular formula is C66H74BN3. The molecule has 0 aromatic heterocycles. The summed E-state index contributed by atoms with van der Waals surface area (Å²) in [6.45, 7) is 37.8. The van der Waals surface area contributed by atoms with Gasteiger partial charge >= 0.3 is 0 Å². The summed E-state index contributed by atoms with van der Waals surface area (Å²) in [7, 11) is 0. The molecule has 2 unspecified atom stereocenters. The molecule has 0 spiro atoms. The predicted octanol–water partition coefficient (Wildman–Crippen LogP) is 15.8. The van der Waals surface area contributed by atoms with Crippen LogP contribution in [-0.2, 0) is 39.0 Å². The van der Waals surface area contributed by atoms with E-state index in [4.69, 9.17) is 0 Å². The molecule has 7 aromatic rings. The Morgan fingerprint density at radius 3 is 1.39 bits per heavy atom. The number of anilines is 8. The number of nitrogens with zero attached hydrogens (tertiary/aromatic N) is 3. The van der Waals surface area contributed by atoms with Crippen molar-refractivity contribution in [3.63, 3.8) is 0 Å². The SMILES string of the molecule is Cc1cc(C)c2c(c1)C1(C)CCc3ccccc3C1(C)N2c1cc2c3c(c1)N(c1ccc(C(C)(C)C)cc1)c1ccc(C(C)(C)C)cc1B3c1cc(C(C)(C)C)ccc1N2c1ccc(C(C)(C)C)cc1. The summed E-state index contributed by atoms with van der Waals surface area (Å²) >= 11 is 0. The van der Waals surface area contributed by atoms with Gasteiger partial charge in [-0.05, 0) is 165 Å². The highest BCUT2D eigenvalue weighted by Gasteiger charge is 2.61. The van der Waals surface area contributed by atoms with Crippen LogP contribution in [0.4, 0.5) is 45.5 Å². The number of hydrogen-bond acceptors (Lipinski definition) is 3. The van der Waals surface area contributed by atoms with Gasteiger partial charge in [0.05, 0.1) is 5.54 Å². The largest absolute Gasteiger partial charge is 0.330 e. The lowest BCUT2D eigenvalue weighted by Gasteiger charge is -2.52. The zero-order valence-electron chi connectivity index (χ0n) is 45.0. The van der Waals surface area contributed by atoms with Crippen LogP contribution in [0.15, 0.2) is 133 Å². The van der Waals surface area contributed by atoms with Crippen LogP contribution in [0, 0.1) is 13.8 Å². The van der Waals surface area contributed by atoms with Crippen LogP contribution >= 0.6 is 0 Å². The molecule has 0 amide bonds. The molecule has 0 radical (unpaired) electrons. The molecule has 0 saturated heterocycles. The Balaban J connectivity index is 1.30. The zero-order valence-corrected chi connectivity index (χ0v) is 45.0. The molecule has 70 heavy (non-hydrogen) atoms. The van der Waals surface area contributed by atoms with Crippen molar-refractivity contribution in [3.05, 3.63) is 184 Å². The lowest BCUT2D eigenvalue weighted by Crippen LogP contribution is -2.62. The van der Waals surface area contributed by atoms with Gasteiger partial charge in [0.15, 0.2) is 0 Å². The number of aryl methyl sites for hydroxylation is 3. The van der Waals surface area contributed by atoms with Crippen LogP contribution in [0.3, 0.4) is 0 Å². The molecule has 0 saturated carbocycles. The highest BCUT2D eigenvalue weighted by Crippen LogP contribution is 2.65. The molecule has 7 aromatic carbocycles. The number of fused-ring (bicyclic) bond motifs is 9. The molecule has 0 fully saturated rings. The minimum Gasteiger partial charge on any atom is -0.330 e. The van der Waals surface area contributed by atoms with Gasteiger partial charge in [-0.2, -0.15) is 0 Å². The number of hydrogen-bond donors (Lipinski definition) is 0. The van der Waals surface area contributed by atoms with E-state index >= 15 is 0 Å². The fourth-order valence-electron chi connectivity index (χ4n) is 13.0. The first-order chi connectivity index (χ1) is 32.8. The maximum Gasteiger partial charge on any atom is 0.252 e. The summed E-state index contributed by atoms with van der Waals surface area (Å²) in [5.74, 6) is 0. The predicted molar refractivity (Wildman–Crippen MR) is 303 cm³/mol. The Hall–Kier alpha value is -6.00. The molecule has 11 rings (SSSR count). The third kappa shape index (κ3) is 6.82. The fraction of sp³-hybridized carbons (Fsp3) is 0.364. The molecule has 3 nitrogen and oxygen atoms in total. The average Bonchev–Trinajstić information content (AvgIpc) is 3.50. The quantitative estimate of drug-likeness (QED) is 0.164. The lowest BCUT2D eigenvalue weighted by molar-refractivity contribution is 0.245. The first kappa shape index (κ1) is 46.4. The summed E-state index contributed by atoms with van der Waals surface area (Å²) in [4.78, 5) is 8.06. The highest BCUT2D eigenvalue weighted by atomic mass is 15.3. The Morgan fingerprint density at radius 1 is 0.457 bits per heavy atom. The van der Waals surface area contributed by atoms with E-state index in [0.717, 1.165) is 12.8 Å².